The lowest BCUT2D eigenvalue weighted by molar-refractivity contribution is -0.161. The van der Waals surface area contributed by atoms with E-state index in [0.29, 0.717) is 19.3 Å². The second kappa shape index (κ2) is 54.2. The van der Waals surface area contributed by atoms with Crippen molar-refractivity contribution in [2.45, 2.75) is 264 Å². The van der Waals surface area contributed by atoms with Gasteiger partial charge in [0.25, 0.3) is 0 Å². The van der Waals surface area contributed by atoms with Crippen LogP contribution in [0.2, 0.25) is 0 Å². The second-order valence-electron chi connectivity index (χ2n) is 19.0. The quantitative estimate of drug-likeness (QED) is 0.0197. The summed E-state index contributed by atoms with van der Waals surface area (Å²) in [6, 6.07) is 0. The van der Waals surface area contributed by atoms with Crippen LogP contribution in [0, 0.1) is 0 Å². The fourth-order valence-corrected chi connectivity index (χ4v) is 8.58. The van der Waals surface area contributed by atoms with Gasteiger partial charge in [-0.15, -0.1) is 0 Å². The van der Waals surface area contributed by atoms with Crippen LogP contribution in [0.15, 0.2) is 72.9 Å². The van der Waals surface area contributed by atoms with E-state index >= 15 is 0 Å². The zero-order chi connectivity index (χ0) is 52.7. The molecule has 0 aromatic carbocycles. The highest BCUT2D eigenvalue weighted by molar-refractivity contribution is 7.47. The normalized spacial score (nSPS) is 13.9. The van der Waals surface area contributed by atoms with Gasteiger partial charge in [-0.25, -0.2) is 4.57 Å². The smallest absolute Gasteiger partial charge is 0.462 e. The number of ether oxygens (including phenoxy) is 3. The summed E-state index contributed by atoms with van der Waals surface area (Å²) in [5.41, 5.74) is 0. The molecule has 0 radical (unpaired) electrons. The highest BCUT2D eigenvalue weighted by atomic mass is 31.2. The van der Waals surface area contributed by atoms with Crippen molar-refractivity contribution in [2.75, 3.05) is 26.4 Å². The van der Waals surface area contributed by atoms with E-state index in [1.807, 2.05) is 0 Å². The molecule has 0 aliphatic carbocycles. The van der Waals surface area contributed by atoms with Gasteiger partial charge < -0.3 is 24.2 Å². The summed E-state index contributed by atoms with van der Waals surface area (Å²) in [6.07, 6.45) is 60.0. The number of unbranched alkanes of at least 4 members (excludes halogenated alkanes) is 24. The number of phosphoric ester groups is 1. The molecular weight excluding hydrogens is 928 g/mol. The number of phosphoric acid groups is 1. The van der Waals surface area contributed by atoms with Crippen LogP contribution in [0.1, 0.15) is 252 Å². The van der Waals surface area contributed by atoms with Gasteiger partial charge in [0.1, 0.15) is 12.7 Å². The Morgan fingerprint density at radius 1 is 0.403 bits per heavy atom. The highest BCUT2D eigenvalue weighted by Crippen LogP contribution is 2.43. The molecule has 0 amide bonds. The van der Waals surface area contributed by atoms with Gasteiger partial charge in [-0.1, -0.05) is 222 Å². The molecule has 0 aromatic heterocycles. The van der Waals surface area contributed by atoms with Crippen LogP contribution in [0.4, 0.5) is 0 Å². The molecule has 0 saturated carbocycles. The van der Waals surface area contributed by atoms with Crippen LogP contribution < -0.4 is 0 Å². The first-order valence-electron chi connectivity index (χ1n) is 28.8. The van der Waals surface area contributed by atoms with E-state index in [1.54, 1.807) is 0 Å². The van der Waals surface area contributed by atoms with Crippen molar-refractivity contribution >= 4 is 25.7 Å². The van der Waals surface area contributed by atoms with Crippen molar-refractivity contribution in [3.8, 4) is 0 Å². The maximum absolute atomic E-state index is 12.9. The fraction of sp³-hybridized carbons (Fsp3) is 0.750. The monoisotopic (exact) mass is 1030 g/mol. The molecule has 11 nitrogen and oxygen atoms in total. The molecule has 0 rings (SSSR count). The van der Waals surface area contributed by atoms with Gasteiger partial charge in [-0.05, 0) is 83.5 Å². The summed E-state index contributed by atoms with van der Waals surface area (Å²) >= 11 is 0. The molecule has 2 N–H and O–H groups in total. The Hall–Kier alpha value is -3.08. The lowest BCUT2D eigenvalue weighted by Gasteiger charge is -2.21. The van der Waals surface area contributed by atoms with E-state index in [1.165, 1.54) is 83.5 Å². The van der Waals surface area contributed by atoms with Gasteiger partial charge in [0, 0.05) is 19.3 Å². The molecule has 3 unspecified atom stereocenters. The van der Waals surface area contributed by atoms with Gasteiger partial charge in [0.2, 0.25) is 0 Å². The van der Waals surface area contributed by atoms with Crippen molar-refractivity contribution in [1.82, 2.24) is 0 Å². The molecule has 0 heterocycles. The molecule has 0 aliphatic rings. The Morgan fingerprint density at radius 2 is 0.722 bits per heavy atom. The number of hydrogen-bond donors (Lipinski definition) is 2. The lowest BCUT2D eigenvalue weighted by atomic mass is 10.0. The minimum absolute atomic E-state index is 0.141. The molecule has 0 bridgehead atoms. The van der Waals surface area contributed by atoms with Crippen molar-refractivity contribution in [3.05, 3.63) is 72.9 Å². The Labute approximate surface area is 439 Å². The Morgan fingerprint density at radius 3 is 1.12 bits per heavy atom. The first kappa shape index (κ1) is 68.9. The number of aliphatic hydroxyl groups excluding tert-OH is 1. The van der Waals surface area contributed by atoms with Crippen LogP contribution in [0.5, 0.6) is 0 Å². The number of hydrogen-bond acceptors (Lipinski definition) is 10. The van der Waals surface area contributed by atoms with Gasteiger partial charge in [0.15, 0.2) is 6.10 Å². The topological polar surface area (TPSA) is 155 Å². The molecule has 72 heavy (non-hydrogen) atoms. The van der Waals surface area contributed by atoms with Crippen LogP contribution in [0.3, 0.4) is 0 Å². The van der Waals surface area contributed by atoms with Crippen LogP contribution in [-0.4, -0.2) is 66.5 Å². The van der Waals surface area contributed by atoms with Crippen molar-refractivity contribution < 1.29 is 52.2 Å². The van der Waals surface area contributed by atoms with Crippen molar-refractivity contribution in [2.24, 2.45) is 0 Å². The maximum Gasteiger partial charge on any atom is 0.472 e. The largest absolute Gasteiger partial charge is 0.472 e. The number of aliphatic hydroxyl groups is 1. The molecule has 0 saturated heterocycles. The van der Waals surface area contributed by atoms with Crippen LogP contribution >= 0.6 is 7.82 Å². The standard InChI is InChI=1S/C60H105O11P/c1-4-7-10-13-16-19-22-25-27-28-30-32-34-37-40-43-46-49-58(62)67-53-57(71-60(64)51-48-45-42-39-36-33-29-26-23-20-17-14-11-8-5-2)55-69-72(65,66)68-54-56(52-61)70-59(63)50-47-44-41-38-35-31-24-21-18-15-12-9-6-3/h7,9-10,12,16,18-19,21,25,27,31,35,56-57,61H,4-6,8,11,13-15,17,20,22-24,26,28-30,32-34,36-55H2,1-3H3,(H,65,66)/b10-7-,12-9-,19-16-,21-18-,27-25-,35-31-. The minimum atomic E-state index is -4.76. The van der Waals surface area contributed by atoms with E-state index in [2.05, 4.69) is 93.7 Å². The van der Waals surface area contributed by atoms with E-state index in [0.717, 1.165) is 109 Å². The van der Waals surface area contributed by atoms with Gasteiger partial charge in [-0.2, -0.15) is 0 Å². The van der Waals surface area contributed by atoms with E-state index in [4.69, 9.17) is 23.3 Å². The number of rotatable bonds is 53. The minimum Gasteiger partial charge on any atom is -0.462 e. The predicted octanol–water partition coefficient (Wildman–Crippen LogP) is 16.9. The highest BCUT2D eigenvalue weighted by Gasteiger charge is 2.28. The Bertz CT molecular complexity index is 1490. The average molecular weight is 1030 g/mol. The number of carbonyl (C=O) groups excluding carboxylic acids is 3. The summed E-state index contributed by atoms with van der Waals surface area (Å²) in [6.45, 7) is 4.39. The van der Waals surface area contributed by atoms with Crippen molar-refractivity contribution in [3.63, 3.8) is 0 Å². The molecular formula is C60H105O11P. The van der Waals surface area contributed by atoms with E-state index < -0.39 is 57.8 Å². The van der Waals surface area contributed by atoms with Crippen LogP contribution in [0.25, 0.3) is 0 Å². The van der Waals surface area contributed by atoms with Gasteiger partial charge >= 0.3 is 25.7 Å². The van der Waals surface area contributed by atoms with Crippen LogP contribution in [-0.2, 0) is 42.2 Å². The lowest BCUT2D eigenvalue weighted by Crippen LogP contribution is -2.30. The average Bonchev–Trinajstić information content (AvgIpc) is 3.37. The zero-order valence-corrected chi connectivity index (χ0v) is 46.8. The molecule has 0 fully saturated rings. The third-order valence-electron chi connectivity index (χ3n) is 12.1. The summed E-state index contributed by atoms with van der Waals surface area (Å²) in [5.74, 6) is -1.50. The first-order valence-corrected chi connectivity index (χ1v) is 30.3. The molecule has 416 valence electrons. The summed E-state index contributed by atoms with van der Waals surface area (Å²) in [4.78, 5) is 48.5. The van der Waals surface area contributed by atoms with Gasteiger partial charge in [0.05, 0.1) is 19.8 Å². The Kier molecular flexibility index (Phi) is 51.9. The second-order valence-corrected chi connectivity index (χ2v) is 20.5. The molecule has 12 heteroatoms. The molecule has 3 atom stereocenters. The third-order valence-corrected chi connectivity index (χ3v) is 13.1. The first-order chi connectivity index (χ1) is 35.2. The molecule has 0 spiro atoms. The Balaban J connectivity index is 4.75. The van der Waals surface area contributed by atoms with Gasteiger partial charge in [-0.3, -0.25) is 23.4 Å². The van der Waals surface area contributed by atoms with Crippen molar-refractivity contribution in [1.29, 1.82) is 0 Å². The SMILES string of the molecule is CC/C=C\C/C=C\C/C=C\CCCCCCCCCC(=O)OCC(COP(=O)(O)OCC(CO)OC(=O)CCCCC/C=C\C/C=C\C/C=C\CC)OC(=O)CCCCCCCCCCCCCCCCC. The third kappa shape index (κ3) is 51.8. The van der Waals surface area contributed by atoms with E-state index in [-0.39, 0.29) is 25.9 Å². The number of allylic oxidation sites excluding steroid dienone is 12. The van der Waals surface area contributed by atoms with E-state index in [9.17, 15) is 28.9 Å². The summed E-state index contributed by atoms with van der Waals surface area (Å²) in [7, 11) is -4.76. The maximum atomic E-state index is 12.9. The summed E-state index contributed by atoms with van der Waals surface area (Å²) < 4.78 is 39.5. The number of esters is 3. The summed E-state index contributed by atoms with van der Waals surface area (Å²) in [5, 5.41) is 9.80. The number of carbonyl (C=O) groups is 3. The zero-order valence-electron chi connectivity index (χ0n) is 45.9. The predicted molar refractivity (Wildman–Crippen MR) is 298 cm³/mol. The molecule has 0 aromatic rings. The fourth-order valence-electron chi connectivity index (χ4n) is 7.80. The molecule has 0 aliphatic heterocycles.